The van der Waals surface area contributed by atoms with Gasteiger partial charge in [0.1, 0.15) is 0 Å². The van der Waals surface area contributed by atoms with Crippen LogP contribution < -0.4 is 0 Å². The molecule has 0 saturated carbocycles. The highest BCUT2D eigenvalue weighted by molar-refractivity contribution is 6.21. The van der Waals surface area contributed by atoms with Gasteiger partial charge in [-0.3, -0.25) is 14.5 Å². The van der Waals surface area contributed by atoms with E-state index in [-0.39, 0.29) is 11.8 Å². The maximum atomic E-state index is 12.5. The second kappa shape index (κ2) is 4.81. The van der Waals surface area contributed by atoms with E-state index in [9.17, 15) is 9.59 Å². The molecule has 2 amide bonds. The van der Waals surface area contributed by atoms with Gasteiger partial charge in [-0.05, 0) is 28.5 Å². The molecule has 1 heterocycles. The summed E-state index contributed by atoms with van der Waals surface area (Å²) in [6.07, 6.45) is 0. The first-order chi connectivity index (χ1) is 10.8. The van der Waals surface area contributed by atoms with Crippen molar-refractivity contribution in [3.05, 3.63) is 83.4 Å². The maximum absolute atomic E-state index is 12.5. The third kappa shape index (κ3) is 1.83. The highest BCUT2D eigenvalue weighted by Gasteiger charge is 2.35. The number of imide groups is 1. The number of rotatable bonds is 2. The minimum Gasteiger partial charge on any atom is -0.270 e. The Bertz CT molecular complexity index is 874. The van der Waals surface area contributed by atoms with Crippen molar-refractivity contribution < 1.29 is 9.59 Å². The summed E-state index contributed by atoms with van der Waals surface area (Å²) in [7, 11) is 0. The molecule has 0 spiro atoms. The van der Waals surface area contributed by atoms with E-state index in [1.807, 2.05) is 42.5 Å². The molecule has 22 heavy (non-hydrogen) atoms. The van der Waals surface area contributed by atoms with E-state index in [1.54, 1.807) is 24.3 Å². The second-order valence-electron chi connectivity index (χ2n) is 5.38. The molecule has 0 unspecified atom stereocenters. The topological polar surface area (TPSA) is 37.4 Å². The Morgan fingerprint density at radius 3 is 2.00 bits per heavy atom. The van der Waals surface area contributed by atoms with Gasteiger partial charge in [-0.25, -0.2) is 0 Å². The predicted molar refractivity (Wildman–Crippen MR) is 84.6 cm³/mol. The molecule has 0 bridgehead atoms. The van der Waals surface area contributed by atoms with E-state index in [1.165, 1.54) is 4.90 Å². The standard InChI is InChI=1S/C19H13NO2/c21-18-16-10-3-4-11-17(16)19(22)20(18)12-14-8-5-7-13-6-1-2-9-15(13)14/h1-11H,12H2. The average molecular weight is 287 g/mol. The molecule has 1 aliphatic heterocycles. The van der Waals surface area contributed by atoms with Crippen LogP contribution in [0.2, 0.25) is 0 Å². The summed E-state index contributed by atoms with van der Waals surface area (Å²) >= 11 is 0. The largest absolute Gasteiger partial charge is 0.270 e. The predicted octanol–water partition coefficient (Wildman–Crippen LogP) is 3.64. The molecule has 3 nitrogen and oxygen atoms in total. The molecule has 0 saturated heterocycles. The monoisotopic (exact) mass is 287 g/mol. The lowest BCUT2D eigenvalue weighted by Gasteiger charge is -2.15. The summed E-state index contributed by atoms with van der Waals surface area (Å²) in [5, 5.41) is 2.18. The molecule has 1 aliphatic rings. The summed E-state index contributed by atoms with van der Waals surface area (Å²) in [6, 6.07) is 20.9. The van der Waals surface area contributed by atoms with Crippen molar-refractivity contribution in [3.8, 4) is 0 Å². The molecule has 0 N–H and O–H groups in total. The van der Waals surface area contributed by atoms with Crippen LogP contribution in [0.1, 0.15) is 26.3 Å². The molecule has 0 radical (unpaired) electrons. The summed E-state index contributed by atoms with van der Waals surface area (Å²) in [5.74, 6) is -0.429. The number of amides is 2. The Morgan fingerprint density at radius 1 is 0.682 bits per heavy atom. The Kier molecular flexibility index (Phi) is 2.79. The van der Waals surface area contributed by atoms with E-state index in [4.69, 9.17) is 0 Å². The average Bonchev–Trinajstić information content (AvgIpc) is 2.81. The lowest BCUT2D eigenvalue weighted by molar-refractivity contribution is 0.0643. The molecule has 0 aliphatic carbocycles. The molecule has 106 valence electrons. The number of benzene rings is 3. The summed E-state index contributed by atoms with van der Waals surface area (Å²) in [6.45, 7) is 0.299. The van der Waals surface area contributed by atoms with Gasteiger partial charge in [-0.2, -0.15) is 0 Å². The first-order valence-corrected chi connectivity index (χ1v) is 7.17. The van der Waals surface area contributed by atoms with Gasteiger partial charge >= 0.3 is 0 Å². The number of hydrogen-bond donors (Lipinski definition) is 0. The first-order valence-electron chi connectivity index (χ1n) is 7.17. The van der Waals surface area contributed by atoms with Crippen molar-refractivity contribution in [1.29, 1.82) is 0 Å². The minimum atomic E-state index is -0.214. The van der Waals surface area contributed by atoms with Gasteiger partial charge < -0.3 is 0 Å². The Balaban J connectivity index is 1.76. The molecular formula is C19H13NO2. The number of carbonyl (C=O) groups excluding carboxylic acids is 2. The third-order valence-corrected chi connectivity index (χ3v) is 4.09. The summed E-state index contributed by atoms with van der Waals surface area (Å²) in [4.78, 5) is 26.2. The van der Waals surface area contributed by atoms with Gasteiger partial charge in [0.05, 0.1) is 17.7 Å². The van der Waals surface area contributed by atoms with Gasteiger partial charge in [-0.15, -0.1) is 0 Å². The van der Waals surface area contributed by atoms with E-state index < -0.39 is 0 Å². The number of hydrogen-bond acceptors (Lipinski definition) is 2. The maximum Gasteiger partial charge on any atom is 0.261 e. The Morgan fingerprint density at radius 2 is 1.27 bits per heavy atom. The van der Waals surface area contributed by atoms with Crippen molar-refractivity contribution in [2.24, 2.45) is 0 Å². The van der Waals surface area contributed by atoms with E-state index >= 15 is 0 Å². The van der Waals surface area contributed by atoms with Gasteiger partial charge in [0.15, 0.2) is 0 Å². The van der Waals surface area contributed by atoms with Crippen molar-refractivity contribution in [3.63, 3.8) is 0 Å². The van der Waals surface area contributed by atoms with Crippen LogP contribution in [0.4, 0.5) is 0 Å². The SMILES string of the molecule is O=C1c2ccccc2C(=O)N1Cc1cccc2ccccc12. The third-order valence-electron chi connectivity index (χ3n) is 4.09. The van der Waals surface area contributed by atoms with Crippen LogP contribution in [-0.2, 0) is 6.54 Å². The Hall–Kier alpha value is -2.94. The molecule has 0 fully saturated rings. The lowest BCUT2D eigenvalue weighted by atomic mass is 10.0. The van der Waals surface area contributed by atoms with Crippen LogP contribution in [-0.4, -0.2) is 16.7 Å². The smallest absolute Gasteiger partial charge is 0.261 e. The van der Waals surface area contributed by atoms with Crippen molar-refractivity contribution in [1.82, 2.24) is 4.90 Å². The number of carbonyl (C=O) groups is 2. The minimum absolute atomic E-state index is 0.214. The Labute approximate surface area is 127 Å². The molecule has 0 aromatic heterocycles. The molecule has 4 rings (SSSR count). The van der Waals surface area contributed by atoms with Gasteiger partial charge in [0.25, 0.3) is 11.8 Å². The lowest BCUT2D eigenvalue weighted by Crippen LogP contribution is -2.29. The van der Waals surface area contributed by atoms with Crippen LogP contribution in [0, 0.1) is 0 Å². The van der Waals surface area contributed by atoms with E-state index in [2.05, 4.69) is 0 Å². The zero-order valence-electron chi connectivity index (χ0n) is 11.8. The fourth-order valence-corrected chi connectivity index (χ4v) is 2.98. The van der Waals surface area contributed by atoms with Crippen LogP contribution in [0.3, 0.4) is 0 Å². The van der Waals surface area contributed by atoms with Crippen LogP contribution in [0.5, 0.6) is 0 Å². The van der Waals surface area contributed by atoms with Crippen molar-refractivity contribution in [2.45, 2.75) is 6.54 Å². The van der Waals surface area contributed by atoms with Gasteiger partial charge in [-0.1, -0.05) is 54.6 Å². The van der Waals surface area contributed by atoms with Crippen LogP contribution >= 0.6 is 0 Å². The van der Waals surface area contributed by atoms with Crippen LogP contribution in [0.25, 0.3) is 10.8 Å². The highest BCUT2D eigenvalue weighted by atomic mass is 16.2. The van der Waals surface area contributed by atoms with Crippen LogP contribution in [0.15, 0.2) is 66.7 Å². The molecular weight excluding hydrogens is 274 g/mol. The number of nitrogens with zero attached hydrogens (tertiary/aromatic N) is 1. The van der Waals surface area contributed by atoms with Gasteiger partial charge in [0.2, 0.25) is 0 Å². The van der Waals surface area contributed by atoms with E-state index in [0.717, 1.165) is 16.3 Å². The zero-order valence-corrected chi connectivity index (χ0v) is 11.8. The molecule has 3 heteroatoms. The van der Waals surface area contributed by atoms with Crippen molar-refractivity contribution in [2.75, 3.05) is 0 Å². The molecule has 0 atom stereocenters. The number of fused-ring (bicyclic) bond motifs is 2. The fraction of sp³-hybridized carbons (Fsp3) is 0.0526. The molecule has 3 aromatic rings. The van der Waals surface area contributed by atoms with E-state index in [0.29, 0.717) is 17.7 Å². The second-order valence-corrected chi connectivity index (χ2v) is 5.38. The highest BCUT2D eigenvalue weighted by Crippen LogP contribution is 2.26. The molecule has 3 aromatic carbocycles. The normalized spacial score (nSPS) is 13.7. The summed E-state index contributed by atoms with van der Waals surface area (Å²) < 4.78 is 0. The summed E-state index contributed by atoms with van der Waals surface area (Å²) in [5.41, 5.74) is 1.97. The van der Waals surface area contributed by atoms with Gasteiger partial charge in [0, 0.05) is 0 Å². The first kappa shape index (κ1) is 12.8. The quantitative estimate of drug-likeness (QED) is 0.675. The fourth-order valence-electron chi connectivity index (χ4n) is 2.98. The van der Waals surface area contributed by atoms with Crippen molar-refractivity contribution >= 4 is 22.6 Å². The zero-order chi connectivity index (χ0) is 15.1.